The molecule has 1 unspecified atom stereocenters. The maximum atomic E-state index is 11.8. The largest absolute Gasteiger partial charge is 0.355 e. The summed E-state index contributed by atoms with van der Waals surface area (Å²) < 4.78 is 0. The predicted molar refractivity (Wildman–Crippen MR) is 60.8 cm³/mol. The lowest BCUT2D eigenvalue weighted by molar-refractivity contribution is -0.126. The second kappa shape index (κ2) is 4.79. The molecule has 2 N–H and O–H groups in total. The molecule has 1 heterocycles. The van der Waals surface area contributed by atoms with E-state index in [0.29, 0.717) is 19.4 Å². The maximum Gasteiger partial charge on any atom is 0.229 e. The average molecular weight is 218 g/mol. The Morgan fingerprint density at radius 3 is 2.69 bits per heavy atom. The zero-order valence-corrected chi connectivity index (χ0v) is 8.90. The smallest absolute Gasteiger partial charge is 0.229 e. The van der Waals surface area contributed by atoms with E-state index in [2.05, 4.69) is 10.6 Å². The summed E-state index contributed by atoms with van der Waals surface area (Å²) in [7, 11) is 0. The first-order valence-corrected chi connectivity index (χ1v) is 5.38. The van der Waals surface area contributed by atoms with Gasteiger partial charge in [-0.3, -0.25) is 9.59 Å². The zero-order valence-electron chi connectivity index (χ0n) is 8.90. The molecule has 16 heavy (non-hydrogen) atoms. The summed E-state index contributed by atoms with van der Waals surface area (Å²) in [5, 5.41) is 5.54. The summed E-state index contributed by atoms with van der Waals surface area (Å²) in [4.78, 5) is 22.8. The highest BCUT2D eigenvalue weighted by Crippen LogP contribution is 2.14. The van der Waals surface area contributed by atoms with Crippen LogP contribution in [0.5, 0.6) is 0 Å². The Morgan fingerprint density at radius 2 is 2.06 bits per heavy atom. The zero-order chi connectivity index (χ0) is 11.4. The van der Waals surface area contributed by atoms with Gasteiger partial charge in [-0.2, -0.15) is 0 Å². The normalized spacial score (nSPS) is 20.0. The molecule has 0 radical (unpaired) electrons. The van der Waals surface area contributed by atoms with Gasteiger partial charge < -0.3 is 10.6 Å². The number of piperidine rings is 1. The fraction of sp³-hybridized carbons (Fsp3) is 0.333. The molecule has 1 aliphatic heterocycles. The van der Waals surface area contributed by atoms with Crippen molar-refractivity contribution in [2.24, 2.45) is 5.92 Å². The van der Waals surface area contributed by atoms with E-state index in [4.69, 9.17) is 0 Å². The van der Waals surface area contributed by atoms with Crippen LogP contribution in [0.3, 0.4) is 0 Å². The van der Waals surface area contributed by atoms with Crippen molar-refractivity contribution in [3.8, 4) is 0 Å². The number of hydrogen-bond acceptors (Lipinski definition) is 2. The van der Waals surface area contributed by atoms with Crippen LogP contribution >= 0.6 is 0 Å². The highest BCUT2D eigenvalue weighted by atomic mass is 16.2. The van der Waals surface area contributed by atoms with Gasteiger partial charge in [-0.1, -0.05) is 18.2 Å². The minimum Gasteiger partial charge on any atom is -0.355 e. The molecular formula is C12H14N2O2. The van der Waals surface area contributed by atoms with Crippen molar-refractivity contribution in [3.05, 3.63) is 30.3 Å². The van der Waals surface area contributed by atoms with Crippen molar-refractivity contribution in [2.75, 3.05) is 11.9 Å². The third kappa shape index (κ3) is 2.59. The van der Waals surface area contributed by atoms with Crippen molar-refractivity contribution in [1.82, 2.24) is 5.32 Å². The van der Waals surface area contributed by atoms with Gasteiger partial charge in [-0.25, -0.2) is 0 Å². The topological polar surface area (TPSA) is 58.2 Å². The number of nitrogens with one attached hydrogen (secondary N) is 2. The molecule has 0 saturated carbocycles. The van der Waals surface area contributed by atoms with Gasteiger partial charge in [-0.05, 0) is 18.6 Å². The number of benzene rings is 1. The van der Waals surface area contributed by atoms with Gasteiger partial charge in [0.25, 0.3) is 0 Å². The van der Waals surface area contributed by atoms with Crippen LogP contribution < -0.4 is 10.6 Å². The van der Waals surface area contributed by atoms with Crippen LogP contribution in [-0.2, 0) is 9.59 Å². The maximum absolute atomic E-state index is 11.8. The van der Waals surface area contributed by atoms with Crippen LogP contribution in [-0.4, -0.2) is 18.4 Å². The minimum atomic E-state index is -0.113. The Bertz CT molecular complexity index is 379. The third-order valence-corrected chi connectivity index (χ3v) is 2.68. The van der Waals surface area contributed by atoms with Crippen LogP contribution in [0.2, 0.25) is 0 Å². The second-order valence-corrected chi connectivity index (χ2v) is 3.89. The number of carbonyl (C=O) groups is 2. The standard InChI is InChI=1S/C12H14N2O2/c15-11-7-6-9(8-13-11)12(16)14-10-4-2-1-3-5-10/h1-5,9H,6-8H2,(H,13,15)(H,14,16). The molecule has 0 aromatic heterocycles. The van der Waals surface area contributed by atoms with Crippen molar-refractivity contribution < 1.29 is 9.59 Å². The Balaban J connectivity index is 1.91. The second-order valence-electron chi connectivity index (χ2n) is 3.89. The third-order valence-electron chi connectivity index (χ3n) is 2.68. The van der Waals surface area contributed by atoms with Gasteiger partial charge in [0.1, 0.15) is 0 Å². The van der Waals surface area contributed by atoms with Crippen LogP contribution in [0.1, 0.15) is 12.8 Å². The van der Waals surface area contributed by atoms with Crippen molar-refractivity contribution in [3.63, 3.8) is 0 Å². The molecule has 0 bridgehead atoms. The molecule has 1 saturated heterocycles. The molecule has 0 aliphatic carbocycles. The van der Waals surface area contributed by atoms with E-state index in [1.165, 1.54) is 0 Å². The summed E-state index contributed by atoms with van der Waals surface area (Å²) in [6.07, 6.45) is 1.07. The summed E-state index contributed by atoms with van der Waals surface area (Å²) in [5.74, 6) is -0.104. The Morgan fingerprint density at radius 1 is 1.31 bits per heavy atom. The highest BCUT2D eigenvalue weighted by Gasteiger charge is 2.24. The first-order chi connectivity index (χ1) is 7.75. The van der Waals surface area contributed by atoms with E-state index in [1.54, 1.807) is 0 Å². The van der Waals surface area contributed by atoms with E-state index >= 15 is 0 Å². The van der Waals surface area contributed by atoms with Crippen molar-refractivity contribution in [2.45, 2.75) is 12.8 Å². The molecule has 4 nitrogen and oxygen atoms in total. The van der Waals surface area contributed by atoms with Crippen molar-refractivity contribution >= 4 is 17.5 Å². The van der Waals surface area contributed by atoms with E-state index in [1.807, 2.05) is 30.3 Å². The lowest BCUT2D eigenvalue weighted by Crippen LogP contribution is -2.40. The van der Waals surface area contributed by atoms with Gasteiger partial charge in [0.2, 0.25) is 11.8 Å². The quantitative estimate of drug-likeness (QED) is 0.782. The van der Waals surface area contributed by atoms with Gasteiger partial charge in [0.05, 0.1) is 5.92 Å². The fourth-order valence-corrected chi connectivity index (χ4v) is 1.72. The highest BCUT2D eigenvalue weighted by molar-refractivity contribution is 5.94. The van der Waals surface area contributed by atoms with E-state index in [9.17, 15) is 9.59 Å². The number of amides is 2. The lowest BCUT2D eigenvalue weighted by Gasteiger charge is -2.21. The monoisotopic (exact) mass is 218 g/mol. The van der Waals surface area contributed by atoms with Crippen LogP contribution in [0.25, 0.3) is 0 Å². The molecular weight excluding hydrogens is 204 g/mol. The molecule has 84 valence electrons. The Labute approximate surface area is 94.0 Å². The van der Waals surface area contributed by atoms with Gasteiger partial charge >= 0.3 is 0 Å². The van der Waals surface area contributed by atoms with Crippen LogP contribution in [0.15, 0.2) is 30.3 Å². The van der Waals surface area contributed by atoms with E-state index < -0.39 is 0 Å². The molecule has 1 aromatic rings. The molecule has 1 aliphatic rings. The Kier molecular flexibility index (Phi) is 3.19. The van der Waals surface area contributed by atoms with Crippen molar-refractivity contribution in [1.29, 1.82) is 0 Å². The number of carbonyl (C=O) groups excluding carboxylic acids is 2. The van der Waals surface area contributed by atoms with Gasteiger partial charge in [-0.15, -0.1) is 0 Å². The minimum absolute atomic E-state index is 0.0220. The summed E-state index contributed by atoms with van der Waals surface area (Å²) >= 11 is 0. The molecule has 0 spiro atoms. The van der Waals surface area contributed by atoms with Crippen LogP contribution in [0, 0.1) is 5.92 Å². The van der Waals surface area contributed by atoms with E-state index in [-0.39, 0.29) is 17.7 Å². The lowest BCUT2D eigenvalue weighted by atomic mass is 9.98. The molecule has 4 heteroatoms. The SMILES string of the molecule is O=C1CCC(C(=O)Nc2ccccc2)CN1. The predicted octanol–water partition coefficient (Wildman–Crippen LogP) is 1.15. The molecule has 2 rings (SSSR count). The molecule has 1 fully saturated rings. The van der Waals surface area contributed by atoms with E-state index in [0.717, 1.165) is 5.69 Å². The average Bonchev–Trinajstić information content (AvgIpc) is 2.31. The van der Waals surface area contributed by atoms with Gasteiger partial charge in [0, 0.05) is 18.7 Å². The molecule has 1 atom stereocenters. The summed E-state index contributed by atoms with van der Waals surface area (Å²) in [5.41, 5.74) is 0.796. The number of hydrogen-bond donors (Lipinski definition) is 2. The number of para-hydroxylation sites is 1. The van der Waals surface area contributed by atoms with Crippen LogP contribution in [0.4, 0.5) is 5.69 Å². The van der Waals surface area contributed by atoms with Gasteiger partial charge in [0.15, 0.2) is 0 Å². The summed E-state index contributed by atoms with van der Waals surface area (Å²) in [6, 6.07) is 9.34. The first kappa shape index (κ1) is 10.7. The fourth-order valence-electron chi connectivity index (χ4n) is 1.72. The summed E-state index contributed by atoms with van der Waals surface area (Å²) in [6.45, 7) is 0.442. The molecule has 2 amide bonds. The molecule has 1 aromatic carbocycles. The first-order valence-electron chi connectivity index (χ1n) is 5.38. The number of anilines is 1. The number of rotatable bonds is 2. The Hall–Kier alpha value is -1.84.